The average Bonchev–Trinajstić information content (AvgIpc) is 3.29. The molecule has 0 radical (unpaired) electrons. The van der Waals surface area contributed by atoms with Gasteiger partial charge in [-0.3, -0.25) is 9.59 Å². The van der Waals surface area contributed by atoms with E-state index in [1.807, 2.05) is 47.4 Å². The third-order valence-corrected chi connectivity index (χ3v) is 5.43. The van der Waals surface area contributed by atoms with Crippen LogP contribution in [-0.4, -0.2) is 40.3 Å². The van der Waals surface area contributed by atoms with Crippen molar-refractivity contribution >= 4 is 17.5 Å². The number of nitrogens with zero attached hydrogens (tertiary/aromatic N) is 3. The molecule has 1 N–H and O–H groups in total. The molecular formula is C24H24N4O3. The highest BCUT2D eigenvalue weighted by Crippen LogP contribution is 2.31. The third-order valence-electron chi connectivity index (χ3n) is 5.43. The first-order valence-electron chi connectivity index (χ1n) is 10.2. The van der Waals surface area contributed by atoms with Crippen LogP contribution < -0.4 is 10.1 Å². The van der Waals surface area contributed by atoms with Crippen LogP contribution >= 0.6 is 0 Å². The van der Waals surface area contributed by atoms with Gasteiger partial charge in [-0.1, -0.05) is 30.3 Å². The molecule has 3 aromatic rings. The van der Waals surface area contributed by atoms with Gasteiger partial charge in [-0.25, -0.2) is 9.97 Å². The minimum Gasteiger partial charge on any atom is -0.495 e. The lowest BCUT2D eigenvalue weighted by atomic mass is 10.1. The fraction of sp³-hybridized carbons (Fsp3) is 0.250. The Balaban J connectivity index is 1.54. The summed E-state index contributed by atoms with van der Waals surface area (Å²) in [5.41, 5.74) is 2.18. The maximum Gasteiger partial charge on any atom is 0.259 e. The molecule has 0 bridgehead atoms. The van der Waals surface area contributed by atoms with E-state index in [1.54, 1.807) is 26.2 Å². The first-order valence-corrected chi connectivity index (χ1v) is 10.2. The number of benzene rings is 2. The van der Waals surface area contributed by atoms with Crippen molar-refractivity contribution in [1.82, 2.24) is 14.9 Å². The molecule has 31 heavy (non-hydrogen) atoms. The van der Waals surface area contributed by atoms with Crippen molar-refractivity contribution < 1.29 is 14.3 Å². The van der Waals surface area contributed by atoms with E-state index >= 15 is 0 Å². The molecule has 1 aromatic heterocycles. The Morgan fingerprint density at radius 1 is 1.10 bits per heavy atom. The number of anilines is 1. The number of ether oxygens (including phenoxy) is 1. The smallest absolute Gasteiger partial charge is 0.259 e. The predicted octanol–water partition coefficient (Wildman–Crippen LogP) is 4.02. The Labute approximate surface area is 181 Å². The SMILES string of the molecule is COc1ccccc1NC(=O)c1cnc([C@@H]2CCCN2C(=O)c2ccccc2)nc1C. The van der Waals surface area contributed by atoms with Crippen molar-refractivity contribution in [3.8, 4) is 5.75 Å². The van der Waals surface area contributed by atoms with Gasteiger partial charge < -0.3 is 15.0 Å². The number of carbonyl (C=O) groups excluding carboxylic acids is 2. The fourth-order valence-corrected chi connectivity index (χ4v) is 3.83. The number of hydrogen-bond donors (Lipinski definition) is 1. The standard InChI is InChI=1S/C24H24N4O3/c1-16-18(23(29)27-19-11-6-7-13-21(19)31-2)15-25-22(26-16)20-12-8-14-28(20)24(30)17-9-4-3-5-10-17/h3-7,9-11,13,15,20H,8,12,14H2,1-2H3,(H,27,29)/t20-/m0/s1. The zero-order valence-electron chi connectivity index (χ0n) is 17.5. The number of nitrogens with one attached hydrogen (secondary N) is 1. The van der Waals surface area contributed by atoms with Gasteiger partial charge in [0.2, 0.25) is 0 Å². The van der Waals surface area contributed by atoms with E-state index in [9.17, 15) is 9.59 Å². The lowest BCUT2D eigenvalue weighted by Crippen LogP contribution is -2.31. The van der Waals surface area contributed by atoms with E-state index in [1.165, 1.54) is 6.20 Å². The van der Waals surface area contributed by atoms with Crippen LogP contribution in [0.4, 0.5) is 5.69 Å². The van der Waals surface area contributed by atoms with Crippen LogP contribution in [0.25, 0.3) is 0 Å². The summed E-state index contributed by atoms with van der Waals surface area (Å²) >= 11 is 0. The summed E-state index contributed by atoms with van der Waals surface area (Å²) in [6.07, 6.45) is 3.22. The molecular weight excluding hydrogens is 392 g/mol. The molecule has 1 atom stereocenters. The molecule has 2 aromatic carbocycles. The molecule has 0 unspecified atom stereocenters. The first kappa shape index (κ1) is 20.5. The molecule has 4 rings (SSSR count). The predicted molar refractivity (Wildman–Crippen MR) is 117 cm³/mol. The molecule has 7 heteroatoms. The average molecular weight is 416 g/mol. The van der Waals surface area contributed by atoms with Crippen molar-refractivity contribution in [2.75, 3.05) is 19.0 Å². The second kappa shape index (κ2) is 8.95. The molecule has 7 nitrogen and oxygen atoms in total. The molecule has 0 saturated carbocycles. The number of likely N-dealkylation sites (tertiary alicyclic amines) is 1. The molecule has 1 aliphatic rings. The largest absolute Gasteiger partial charge is 0.495 e. The second-order valence-corrected chi connectivity index (χ2v) is 7.40. The number of para-hydroxylation sites is 2. The normalized spacial score (nSPS) is 15.5. The maximum absolute atomic E-state index is 12.9. The van der Waals surface area contributed by atoms with Gasteiger partial charge in [-0.05, 0) is 44.0 Å². The Morgan fingerprint density at radius 2 is 1.84 bits per heavy atom. The quantitative estimate of drug-likeness (QED) is 0.679. The summed E-state index contributed by atoms with van der Waals surface area (Å²) in [4.78, 5) is 36.6. The lowest BCUT2D eigenvalue weighted by Gasteiger charge is -2.24. The van der Waals surface area contributed by atoms with Crippen LogP contribution in [0.3, 0.4) is 0 Å². The van der Waals surface area contributed by atoms with Crippen LogP contribution in [0.15, 0.2) is 60.8 Å². The Kier molecular flexibility index (Phi) is 5.93. The van der Waals surface area contributed by atoms with Crippen LogP contribution in [0.1, 0.15) is 51.1 Å². The molecule has 1 fully saturated rings. The zero-order chi connectivity index (χ0) is 21.8. The maximum atomic E-state index is 12.9. The van der Waals surface area contributed by atoms with Crippen molar-refractivity contribution in [3.05, 3.63) is 83.4 Å². The van der Waals surface area contributed by atoms with Gasteiger partial charge in [-0.15, -0.1) is 0 Å². The molecule has 0 aliphatic carbocycles. The van der Waals surface area contributed by atoms with E-state index in [4.69, 9.17) is 4.74 Å². The summed E-state index contributed by atoms with van der Waals surface area (Å²) in [6, 6.07) is 16.2. The van der Waals surface area contributed by atoms with E-state index in [0.717, 1.165) is 12.8 Å². The van der Waals surface area contributed by atoms with Crippen molar-refractivity contribution in [3.63, 3.8) is 0 Å². The Bertz CT molecular complexity index is 1100. The topological polar surface area (TPSA) is 84.4 Å². The highest BCUT2D eigenvalue weighted by Gasteiger charge is 2.33. The minimum absolute atomic E-state index is 0.0256. The number of hydrogen-bond acceptors (Lipinski definition) is 5. The number of methoxy groups -OCH3 is 1. The Hall–Kier alpha value is -3.74. The zero-order valence-corrected chi connectivity index (χ0v) is 17.5. The van der Waals surface area contributed by atoms with Gasteiger partial charge in [0.25, 0.3) is 11.8 Å². The van der Waals surface area contributed by atoms with Crippen LogP contribution in [-0.2, 0) is 0 Å². The summed E-state index contributed by atoms with van der Waals surface area (Å²) < 4.78 is 5.29. The van der Waals surface area contributed by atoms with Gasteiger partial charge >= 0.3 is 0 Å². The highest BCUT2D eigenvalue weighted by molar-refractivity contribution is 6.05. The first-order chi connectivity index (χ1) is 15.1. The van der Waals surface area contributed by atoms with E-state index in [2.05, 4.69) is 15.3 Å². The molecule has 1 saturated heterocycles. The van der Waals surface area contributed by atoms with E-state index < -0.39 is 0 Å². The van der Waals surface area contributed by atoms with Gasteiger partial charge in [0.05, 0.1) is 30.1 Å². The van der Waals surface area contributed by atoms with Gasteiger partial charge in [0, 0.05) is 18.3 Å². The lowest BCUT2D eigenvalue weighted by molar-refractivity contribution is 0.0729. The number of aryl methyl sites for hydroxylation is 1. The van der Waals surface area contributed by atoms with Crippen molar-refractivity contribution in [2.24, 2.45) is 0 Å². The second-order valence-electron chi connectivity index (χ2n) is 7.40. The van der Waals surface area contributed by atoms with Crippen LogP contribution in [0.2, 0.25) is 0 Å². The number of carbonyl (C=O) groups is 2. The summed E-state index contributed by atoms with van der Waals surface area (Å²) in [5.74, 6) is 0.805. The number of rotatable bonds is 5. The number of aromatic nitrogens is 2. The van der Waals surface area contributed by atoms with Gasteiger partial charge in [0.15, 0.2) is 5.82 Å². The number of amides is 2. The van der Waals surface area contributed by atoms with Crippen LogP contribution in [0.5, 0.6) is 5.75 Å². The summed E-state index contributed by atoms with van der Waals surface area (Å²) in [7, 11) is 1.55. The molecule has 2 amide bonds. The highest BCUT2D eigenvalue weighted by atomic mass is 16.5. The third kappa shape index (κ3) is 4.26. The van der Waals surface area contributed by atoms with Crippen molar-refractivity contribution in [1.29, 1.82) is 0 Å². The van der Waals surface area contributed by atoms with Crippen molar-refractivity contribution in [2.45, 2.75) is 25.8 Å². The van der Waals surface area contributed by atoms with Gasteiger partial charge in [-0.2, -0.15) is 0 Å². The van der Waals surface area contributed by atoms with E-state index in [-0.39, 0.29) is 17.9 Å². The molecule has 1 aliphatic heterocycles. The van der Waals surface area contributed by atoms with Gasteiger partial charge in [0.1, 0.15) is 5.75 Å². The summed E-state index contributed by atoms with van der Waals surface area (Å²) in [5, 5.41) is 2.85. The Morgan fingerprint density at radius 3 is 2.58 bits per heavy atom. The molecule has 158 valence electrons. The van der Waals surface area contributed by atoms with E-state index in [0.29, 0.717) is 40.6 Å². The van der Waals surface area contributed by atoms with Crippen LogP contribution in [0, 0.1) is 6.92 Å². The molecule has 0 spiro atoms. The monoisotopic (exact) mass is 416 g/mol. The summed E-state index contributed by atoms with van der Waals surface area (Å²) in [6.45, 7) is 2.44. The fourth-order valence-electron chi connectivity index (χ4n) is 3.83. The minimum atomic E-state index is -0.308. The molecule has 2 heterocycles.